The number of benzene rings is 1. The van der Waals surface area contributed by atoms with Crippen LogP contribution in [0.15, 0.2) is 52.8 Å². The molecular weight excluding hydrogens is 336 g/mol. The number of hydrogen-bond donors (Lipinski definition) is 1. The first-order valence-electron chi connectivity index (χ1n) is 9.74. The van der Waals surface area contributed by atoms with E-state index >= 15 is 0 Å². The van der Waals surface area contributed by atoms with Crippen LogP contribution in [-0.4, -0.2) is 42.9 Å². The summed E-state index contributed by atoms with van der Waals surface area (Å²) >= 11 is 0. The molecule has 1 aliphatic carbocycles. The fourth-order valence-electron chi connectivity index (χ4n) is 3.97. The predicted molar refractivity (Wildman–Crippen MR) is 107 cm³/mol. The van der Waals surface area contributed by atoms with E-state index < -0.39 is 0 Å². The lowest BCUT2D eigenvalue weighted by atomic mass is 9.91. The van der Waals surface area contributed by atoms with Crippen molar-refractivity contribution in [2.45, 2.75) is 32.2 Å². The molecule has 5 heteroatoms. The number of nitrogens with zero attached hydrogens (tertiary/aromatic N) is 3. The van der Waals surface area contributed by atoms with Gasteiger partial charge in [-0.2, -0.15) is 0 Å². The van der Waals surface area contributed by atoms with Gasteiger partial charge >= 0.3 is 0 Å². The van der Waals surface area contributed by atoms with Crippen molar-refractivity contribution in [3.63, 3.8) is 0 Å². The van der Waals surface area contributed by atoms with Gasteiger partial charge in [0.25, 0.3) is 0 Å². The molecule has 1 aromatic carbocycles. The van der Waals surface area contributed by atoms with Gasteiger partial charge in [0.05, 0.1) is 26.4 Å². The van der Waals surface area contributed by atoms with E-state index in [2.05, 4.69) is 17.0 Å². The Labute approximate surface area is 160 Å². The van der Waals surface area contributed by atoms with Crippen molar-refractivity contribution < 1.29 is 9.64 Å². The van der Waals surface area contributed by atoms with E-state index in [0.717, 1.165) is 42.3 Å². The van der Waals surface area contributed by atoms with E-state index in [-0.39, 0.29) is 0 Å². The van der Waals surface area contributed by atoms with Gasteiger partial charge in [-0.25, -0.2) is 9.97 Å². The molecule has 4 rings (SSSR count). The fraction of sp³-hybridized carbons (Fsp3) is 0.409. The highest BCUT2D eigenvalue weighted by Gasteiger charge is 2.24. The van der Waals surface area contributed by atoms with Crippen LogP contribution in [0.2, 0.25) is 0 Å². The predicted octanol–water partition coefficient (Wildman–Crippen LogP) is 2.49. The van der Waals surface area contributed by atoms with Gasteiger partial charge in [0.1, 0.15) is 18.8 Å². The lowest BCUT2D eigenvalue weighted by Crippen LogP contribution is -3.08. The van der Waals surface area contributed by atoms with E-state index in [1.165, 1.54) is 36.3 Å². The molecule has 1 aromatic heterocycles. The summed E-state index contributed by atoms with van der Waals surface area (Å²) in [5, 5.41) is 0. The second-order valence-electron chi connectivity index (χ2n) is 7.51. The number of aromatic nitrogens is 2. The maximum Gasteiger partial charge on any atom is 0.159 e. The minimum atomic E-state index is 0.747. The van der Waals surface area contributed by atoms with Crippen molar-refractivity contribution in [2.24, 2.45) is 4.99 Å². The maximum absolute atomic E-state index is 5.20. The van der Waals surface area contributed by atoms with Crippen LogP contribution in [0.4, 0.5) is 0 Å². The van der Waals surface area contributed by atoms with E-state index in [1.54, 1.807) is 18.3 Å². The Morgan fingerprint density at radius 1 is 1.00 bits per heavy atom. The van der Waals surface area contributed by atoms with Gasteiger partial charge in [0, 0.05) is 23.5 Å². The van der Waals surface area contributed by atoms with Crippen LogP contribution >= 0.6 is 0 Å². The van der Waals surface area contributed by atoms with Crippen LogP contribution in [-0.2, 0) is 6.54 Å². The monoisotopic (exact) mass is 363 g/mol. The number of hydrogen-bond acceptors (Lipinski definition) is 4. The minimum absolute atomic E-state index is 0.747. The fourth-order valence-corrected chi connectivity index (χ4v) is 3.97. The molecular formula is C22H27N4O+. The molecule has 0 saturated heterocycles. The summed E-state index contributed by atoms with van der Waals surface area (Å²) in [4.78, 5) is 15.3. The molecule has 140 valence electrons. The van der Waals surface area contributed by atoms with E-state index in [9.17, 15) is 0 Å². The summed E-state index contributed by atoms with van der Waals surface area (Å²) in [5.74, 6) is 1.59. The van der Waals surface area contributed by atoms with E-state index in [1.807, 2.05) is 36.7 Å². The zero-order valence-corrected chi connectivity index (χ0v) is 16.2. The average molecular weight is 363 g/mol. The van der Waals surface area contributed by atoms with Gasteiger partial charge in [0.2, 0.25) is 0 Å². The molecule has 2 heterocycles. The average Bonchev–Trinajstić information content (AvgIpc) is 3.11. The Morgan fingerprint density at radius 2 is 1.74 bits per heavy atom. The zero-order chi connectivity index (χ0) is 18.6. The molecule has 27 heavy (non-hydrogen) atoms. The highest BCUT2D eigenvalue weighted by atomic mass is 16.5. The summed E-state index contributed by atoms with van der Waals surface area (Å²) in [6.07, 6.45) is 9.01. The molecule has 1 N–H and O–H groups in total. The minimum Gasteiger partial charge on any atom is -0.497 e. The summed E-state index contributed by atoms with van der Waals surface area (Å²) in [6.45, 7) is 2.83. The second-order valence-corrected chi connectivity index (χ2v) is 7.51. The Bertz CT molecular complexity index is 853. The molecule has 2 aromatic rings. The third kappa shape index (κ3) is 4.08. The first kappa shape index (κ1) is 17.9. The van der Waals surface area contributed by atoms with Crippen molar-refractivity contribution in [3.8, 4) is 17.1 Å². The molecule has 0 bridgehead atoms. The SMILES string of the molecule is COc1ccc(-c2ncc(C[NH+](C)CC3=NCC4=C3CCCC4)cn2)cc1. The number of nitrogens with one attached hydrogen (secondary N) is 1. The van der Waals surface area contributed by atoms with Crippen molar-refractivity contribution >= 4 is 5.71 Å². The second kappa shape index (κ2) is 8.01. The van der Waals surface area contributed by atoms with Crippen molar-refractivity contribution in [3.05, 3.63) is 53.4 Å². The smallest absolute Gasteiger partial charge is 0.159 e. The number of rotatable bonds is 6. The van der Waals surface area contributed by atoms with Gasteiger partial charge < -0.3 is 9.64 Å². The zero-order valence-electron chi connectivity index (χ0n) is 16.2. The third-order valence-electron chi connectivity index (χ3n) is 5.42. The van der Waals surface area contributed by atoms with Gasteiger partial charge in [-0.15, -0.1) is 0 Å². The normalized spacial score (nSPS) is 17.5. The van der Waals surface area contributed by atoms with Crippen molar-refractivity contribution in [1.29, 1.82) is 0 Å². The van der Waals surface area contributed by atoms with Gasteiger partial charge in [-0.05, 0) is 61.1 Å². The van der Waals surface area contributed by atoms with Crippen LogP contribution in [0.25, 0.3) is 11.4 Å². The Kier molecular flexibility index (Phi) is 5.30. The standard InChI is InChI=1S/C22H26N4O/c1-26(15-21-20-6-4-3-5-18(20)13-23-21)14-16-11-24-22(25-12-16)17-7-9-19(27-2)10-8-17/h7-12H,3-6,13-15H2,1-2H3/p+1. The molecule has 0 saturated carbocycles. The summed E-state index contributed by atoms with van der Waals surface area (Å²) < 4.78 is 5.20. The molecule has 0 spiro atoms. The topological polar surface area (TPSA) is 51.8 Å². The summed E-state index contributed by atoms with van der Waals surface area (Å²) in [5.41, 5.74) is 6.64. The molecule has 1 atom stereocenters. The van der Waals surface area contributed by atoms with E-state index in [4.69, 9.17) is 9.73 Å². The maximum atomic E-state index is 5.20. The highest BCUT2D eigenvalue weighted by Crippen LogP contribution is 2.29. The van der Waals surface area contributed by atoms with Crippen LogP contribution in [0, 0.1) is 0 Å². The first-order chi connectivity index (χ1) is 13.2. The number of ether oxygens (including phenoxy) is 1. The molecule has 1 unspecified atom stereocenters. The van der Waals surface area contributed by atoms with Crippen molar-refractivity contribution in [1.82, 2.24) is 9.97 Å². The number of aliphatic imine (C=N–C) groups is 1. The Hall–Kier alpha value is -2.53. The van der Waals surface area contributed by atoms with Gasteiger partial charge in [-0.1, -0.05) is 0 Å². The van der Waals surface area contributed by atoms with Gasteiger partial charge in [-0.3, -0.25) is 4.99 Å². The quantitative estimate of drug-likeness (QED) is 0.858. The Balaban J connectivity index is 1.37. The van der Waals surface area contributed by atoms with Gasteiger partial charge in [0.15, 0.2) is 5.82 Å². The van der Waals surface area contributed by atoms with Crippen LogP contribution < -0.4 is 9.64 Å². The summed E-state index contributed by atoms with van der Waals surface area (Å²) in [7, 11) is 3.89. The van der Waals surface area contributed by atoms with Crippen molar-refractivity contribution in [2.75, 3.05) is 27.2 Å². The third-order valence-corrected chi connectivity index (χ3v) is 5.42. The molecule has 0 amide bonds. The Morgan fingerprint density at radius 3 is 2.48 bits per heavy atom. The molecule has 0 fully saturated rings. The first-order valence-corrected chi connectivity index (χ1v) is 9.74. The number of methoxy groups -OCH3 is 1. The summed E-state index contributed by atoms with van der Waals surface area (Å²) in [6, 6.07) is 7.83. The molecule has 0 radical (unpaired) electrons. The molecule has 1 aliphatic heterocycles. The number of quaternary nitrogens is 1. The lowest BCUT2D eigenvalue weighted by molar-refractivity contribution is -0.884. The van der Waals surface area contributed by atoms with Crippen LogP contribution in [0.1, 0.15) is 31.2 Å². The van der Waals surface area contributed by atoms with Crippen LogP contribution in [0.3, 0.4) is 0 Å². The lowest BCUT2D eigenvalue weighted by Gasteiger charge is -2.18. The molecule has 2 aliphatic rings. The largest absolute Gasteiger partial charge is 0.497 e. The molecule has 5 nitrogen and oxygen atoms in total. The highest BCUT2D eigenvalue weighted by molar-refractivity contribution is 6.03. The van der Waals surface area contributed by atoms with Crippen LogP contribution in [0.5, 0.6) is 5.75 Å². The van der Waals surface area contributed by atoms with E-state index in [0.29, 0.717) is 0 Å².